The summed E-state index contributed by atoms with van der Waals surface area (Å²) in [6, 6.07) is 3.91. The summed E-state index contributed by atoms with van der Waals surface area (Å²) < 4.78 is 4.93. The zero-order chi connectivity index (χ0) is 12.1. The normalized spacial score (nSPS) is 9.56. The summed E-state index contributed by atoms with van der Waals surface area (Å²) in [7, 11) is 1.40. The minimum absolute atomic E-state index is 0.131. The Morgan fingerprint density at radius 1 is 1.62 bits per heavy atom. The quantitative estimate of drug-likeness (QED) is 0.575. The van der Waals surface area contributed by atoms with E-state index in [0.29, 0.717) is 5.75 Å². The van der Waals surface area contributed by atoms with Crippen molar-refractivity contribution in [2.24, 2.45) is 0 Å². The van der Waals surface area contributed by atoms with Gasteiger partial charge in [0.05, 0.1) is 17.7 Å². The molecular weight excluding hydrogens is 216 g/mol. The smallest absolute Gasteiger partial charge is 0.322 e. The molecule has 0 spiro atoms. The lowest BCUT2D eigenvalue weighted by atomic mass is 10.2. The molecule has 1 aromatic carbocycles. The Kier molecular flexibility index (Phi) is 3.65. The topological polar surface area (TPSA) is 102 Å². The Morgan fingerprint density at radius 3 is 2.81 bits per heavy atom. The maximum absolute atomic E-state index is 10.5. The summed E-state index contributed by atoms with van der Waals surface area (Å²) in [5, 5.41) is 21.5. The zero-order valence-electron chi connectivity index (χ0n) is 8.47. The molecule has 0 heterocycles. The van der Waals surface area contributed by atoms with Crippen molar-refractivity contribution in [3.63, 3.8) is 0 Å². The van der Waals surface area contributed by atoms with Gasteiger partial charge in [-0.2, -0.15) is 0 Å². The molecule has 0 aromatic heterocycles. The van der Waals surface area contributed by atoms with Gasteiger partial charge >= 0.3 is 5.97 Å². The minimum Gasteiger partial charge on any atom is -0.495 e. The molecule has 7 nitrogen and oxygen atoms in total. The third-order valence-electron chi connectivity index (χ3n) is 1.82. The van der Waals surface area contributed by atoms with Gasteiger partial charge in [0, 0.05) is 12.1 Å². The Hall–Kier alpha value is -2.31. The second-order valence-corrected chi connectivity index (χ2v) is 2.89. The van der Waals surface area contributed by atoms with Crippen molar-refractivity contribution in [2.45, 2.75) is 0 Å². The van der Waals surface area contributed by atoms with Crippen molar-refractivity contribution in [2.75, 3.05) is 19.0 Å². The third kappa shape index (κ3) is 2.84. The summed E-state index contributed by atoms with van der Waals surface area (Å²) >= 11 is 0. The van der Waals surface area contributed by atoms with Crippen LogP contribution < -0.4 is 10.1 Å². The van der Waals surface area contributed by atoms with Gasteiger partial charge in [-0.05, 0) is 6.07 Å². The molecule has 0 atom stereocenters. The summed E-state index contributed by atoms with van der Waals surface area (Å²) in [4.78, 5) is 20.3. The van der Waals surface area contributed by atoms with Gasteiger partial charge in [-0.15, -0.1) is 0 Å². The number of benzene rings is 1. The minimum atomic E-state index is -1.06. The average molecular weight is 226 g/mol. The number of hydrogen-bond acceptors (Lipinski definition) is 5. The van der Waals surface area contributed by atoms with E-state index in [-0.39, 0.29) is 17.9 Å². The number of nitro benzene ring substituents is 1. The maximum atomic E-state index is 10.5. The van der Waals surface area contributed by atoms with Crippen molar-refractivity contribution in [1.29, 1.82) is 0 Å². The molecule has 7 heteroatoms. The van der Waals surface area contributed by atoms with Crippen LogP contribution in [0.1, 0.15) is 0 Å². The molecule has 0 fully saturated rings. The summed E-state index contributed by atoms with van der Waals surface area (Å²) in [5.74, 6) is -0.708. The van der Waals surface area contributed by atoms with Gasteiger partial charge in [0.25, 0.3) is 5.69 Å². The van der Waals surface area contributed by atoms with Crippen LogP contribution in [0.15, 0.2) is 18.2 Å². The largest absolute Gasteiger partial charge is 0.495 e. The van der Waals surface area contributed by atoms with E-state index in [1.165, 1.54) is 25.3 Å². The zero-order valence-corrected chi connectivity index (χ0v) is 8.47. The van der Waals surface area contributed by atoms with Gasteiger partial charge in [-0.25, -0.2) is 0 Å². The molecule has 0 bridgehead atoms. The lowest BCUT2D eigenvalue weighted by Gasteiger charge is -2.08. The van der Waals surface area contributed by atoms with Crippen LogP contribution in [0.2, 0.25) is 0 Å². The first-order valence-corrected chi connectivity index (χ1v) is 4.32. The van der Waals surface area contributed by atoms with Crippen LogP contribution in [0.4, 0.5) is 11.4 Å². The number of nitrogens with zero attached hydrogens (tertiary/aromatic N) is 1. The van der Waals surface area contributed by atoms with Crippen LogP contribution in [0.5, 0.6) is 5.75 Å². The van der Waals surface area contributed by atoms with Crippen LogP contribution >= 0.6 is 0 Å². The fraction of sp³-hybridized carbons (Fsp3) is 0.222. The number of hydrogen-bond donors (Lipinski definition) is 2. The van der Waals surface area contributed by atoms with Crippen LogP contribution in [0.3, 0.4) is 0 Å². The van der Waals surface area contributed by atoms with E-state index >= 15 is 0 Å². The monoisotopic (exact) mass is 226 g/mol. The van der Waals surface area contributed by atoms with Crippen LogP contribution in [0, 0.1) is 10.1 Å². The number of ether oxygens (including phenoxy) is 1. The number of carboxylic acids is 1. The van der Waals surface area contributed by atoms with Crippen molar-refractivity contribution in [1.82, 2.24) is 0 Å². The predicted molar refractivity (Wildman–Crippen MR) is 55.8 cm³/mol. The van der Waals surface area contributed by atoms with Crippen molar-refractivity contribution < 1.29 is 19.6 Å². The molecule has 0 amide bonds. The molecule has 16 heavy (non-hydrogen) atoms. The fourth-order valence-electron chi connectivity index (χ4n) is 1.12. The molecule has 86 valence electrons. The number of carbonyl (C=O) groups is 1. The number of rotatable bonds is 5. The molecule has 0 saturated carbocycles. The molecule has 2 N–H and O–H groups in total. The molecule has 0 aliphatic rings. The van der Waals surface area contributed by atoms with Crippen molar-refractivity contribution in [3.05, 3.63) is 28.3 Å². The van der Waals surface area contributed by atoms with E-state index in [4.69, 9.17) is 9.84 Å². The number of nitrogens with one attached hydrogen (secondary N) is 1. The van der Waals surface area contributed by atoms with Gasteiger partial charge < -0.3 is 15.2 Å². The molecular formula is C9H10N2O5. The molecule has 0 unspecified atom stereocenters. The van der Waals surface area contributed by atoms with Crippen LogP contribution in [-0.2, 0) is 4.79 Å². The first-order chi connectivity index (χ1) is 7.54. The average Bonchev–Trinajstić information content (AvgIpc) is 2.25. The van der Waals surface area contributed by atoms with Gasteiger partial charge in [0.15, 0.2) is 0 Å². The number of carboxylic acid groups (broad SMARTS) is 1. The maximum Gasteiger partial charge on any atom is 0.322 e. The number of non-ortho nitro benzene ring substituents is 1. The highest BCUT2D eigenvalue weighted by atomic mass is 16.6. The number of methoxy groups -OCH3 is 1. The Morgan fingerprint density at radius 2 is 2.31 bits per heavy atom. The fourth-order valence-corrected chi connectivity index (χ4v) is 1.12. The number of aliphatic carboxylic acids is 1. The lowest BCUT2D eigenvalue weighted by molar-refractivity contribution is -0.384. The highest BCUT2D eigenvalue weighted by Crippen LogP contribution is 2.28. The van der Waals surface area contributed by atoms with Gasteiger partial charge in [0.1, 0.15) is 12.3 Å². The Bertz CT molecular complexity index is 418. The number of anilines is 1. The highest BCUT2D eigenvalue weighted by molar-refractivity contribution is 5.74. The SMILES string of the molecule is COc1ccc([N+](=O)[O-])cc1NCC(=O)O. The van der Waals surface area contributed by atoms with Gasteiger partial charge in [0.2, 0.25) is 0 Å². The third-order valence-corrected chi connectivity index (χ3v) is 1.82. The standard InChI is InChI=1S/C9H10N2O5/c1-16-8-3-2-6(11(14)15)4-7(8)10-5-9(12)13/h2-4,10H,5H2,1H3,(H,12,13). The summed E-state index contributed by atoms with van der Waals surface area (Å²) in [6.45, 7) is -0.336. The first kappa shape index (κ1) is 11.8. The van der Waals surface area contributed by atoms with E-state index in [2.05, 4.69) is 5.32 Å². The molecule has 0 saturated heterocycles. The lowest BCUT2D eigenvalue weighted by Crippen LogP contribution is -2.13. The first-order valence-electron chi connectivity index (χ1n) is 4.32. The Balaban J connectivity index is 2.97. The van der Waals surface area contributed by atoms with E-state index in [1.54, 1.807) is 0 Å². The van der Waals surface area contributed by atoms with Crippen molar-refractivity contribution >= 4 is 17.3 Å². The molecule has 0 radical (unpaired) electrons. The van der Waals surface area contributed by atoms with Crippen molar-refractivity contribution in [3.8, 4) is 5.75 Å². The van der Waals surface area contributed by atoms with E-state index in [0.717, 1.165) is 0 Å². The highest BCUT2D eigenvalue weighted by Gasteiger charge is 2.11. The van der Waals surface area contributed by atoms with E-state index in [1.807, 2.05) is 0 Å². The number of nitro groups is 1. The predicted octanol–water partition coefficient (Wildman–Crippen LogP) is 1.10. The summed E-state index contributed by atoms with van der Waals surface area (Å²) in [5.41, 5.74) is 0.146. The molecule has 0 aliphatic heterocycles. The second kappa shape index (κ2) is 4.96. The van der Waals surface area contributed by atoms with Crippen LogP contribution in [-0.4, -0.2) is 29.7 Å². The van der Waals surface area contributed by atoms with Crippen LogP contribution in [0.25, 0.3) is 0 Å². The molecule has 1 aromatic rings. The van der Waals surface area contributed by atoms with Gasteiger partial charge in [-0.1, -0.05) is 0 Å². The summed E-state index contributed by atoms with van der Waals surface area (Å²) in [6.07, 6.45) is 0. The van der Waals surface area contributed by atoms with E-state index < -0.39 is 10.9 Å². The molecule has 1 rings (SSSR count). The van der Waals surface area contributed by atoms with Gasteiger partial charge in [-0.3, -0.25) is 14.9 Å². The van der Waals surface area contributed by atoms with E-state index in [9.17, 15) is 14.9 Å². The molecule has 0 aliphatic carbocycles. The second-order valence-electron chi connectivity index (χ2n) is 2.89. The Labute approximate surface area is 90.8 Å².